The molecular formula is C27H37N3O5S. The average molecular weight is 516 g/mol. The zero-order valence-electron chi connectivity index (χ0n) is 21.4. The highest BCUT2D eigenvalue weighted by atomic mass is 32.2. The average Bonchev–Trinajstić information content (AvgIpc) is 3.37. The van der Waals surface area contributed by atoms with Gasteiger partial charge in [0.05, 0.1) is 19.1 Å². The SMILES string of the molecule is COc1cccc(N(CCCC(=O)N(Cc2ccccc2)C(C)C(=O)NC2CCCC2)S(C)(=O)=O)c1. The summed E-state index contributed by atoms with van der Waals surface area (Å²) in [7, 11) is -2.04. The minimum absolute atomic E-state index is 0.115. The number of methoxy groups -OCH3 is 1. The van der Waals surface area contributed by atoms with Gasteiger partial charge in [0.25, 0.3) is 0 Å². The lowest BCUT2D eigenvalue weighted by Crippen LogP contribution is -2.49. The minimum atomic E-state index is -3.56. The molecule has 0 bridgehead atoms. The second-order valence-corrected chi connectivity index (χ2v) is 11.2. The van der Waals surface area contributed by atoms with Crippen LogP contribution in [0.1, 0.15) is 51.0 Å². The summed E-state index contributed by atoms with van der Waals surface area (Å²) in [5.74, 6) is 0.209. The van der Waals surface area contributed by atoms with Gasteiger partial charge in [-0.2, -0.15) is 0 Å². The minimum Gasteiger partial charge on any atom is -0.497 e. The molecule has 1 aliphatic carbocycles. The summed E-state index contributed by atoms with van der Waals surface area (Å²) >= 11 is 0. The van der Waals surface area contributed by atoms with Crippen molar-refractivity contribution < 1.29 is 22.7 Å². The van der Waals surface area contributed by atoms with Crippen molar-refractivity contribution in [2.24, 2.45) is 0 Å². The Morgan fingerprint density at radius 2 is 1.78 bits per heavy atom. The predicted molar refractivity (Wildman–Crippen MR) is 141 cm³/mol. The van der Waals surface area contributed by atoms with Gasteiger partial charge in [0.2, 0.25) is 21.8 Å². The number of ether oxygens (including phenoxy) is 1. The van der Waals surface area contributed by atoms with E-state index in [4.69, 9.17) is 4.74 Å². The van der Waals surface area contributed by atoms with E-state index in [1.807, 2.05) is 30.3 Å². The van der Waals surface area contributed by atoms with Crippen molar-refractivity contribution in [3.8, 4) is 5.75 Å². The number of anilines is 1. The number of nitrogens with zero attached hydrogens (tertiary/aromatic N) is 2. The molecule has 0 aromatic heterocycles. The molecule has 2 aromatic rings. The molecule has 1 atom stereocenters. The number of amides is 2. The lowest BCUT2D eigenvalue weighted by Gasteiger charge is -2.30. The molecule has 1 unspecified atom stereocenters. The molecule has 0 aliphatic heterocycles. The third kappa shape index (κ3) is 7.71. The molecule has 2 aromatic carbocycles. The molecule has 0 saturated heterocycles. The van der Waals surface area contributed by atoms with Crippen LogP contribution in [0.3, 0.4) is 0 Å². The molecule has 0 heterocycles. The van der Waals surface area contributed by atoms with Crippen LogP contribution in [0.25, 0.3) is 0 Å². The van der Waals surface area contributed by atoms with Crippen LogP contribution in [0.15, 0.2) is 54.6 Å². The number of carbonyl (C=O) groups excluding carboxylic acids is 2. The molecule has 0 spiro atoms. The van der Waals surface area contributed by atoms with Gasteiger partial charge in [-0.05, 0) is 43.9 Å². The smallest absolute Gasteiger partial charge is 0.242 e. The largest absolute Gasteiger partial charge is 0.497 e. The number of benzene rings is 2. The Kier molecular flexibility index (Phi) is 9.75. The maximum absolute atomic E-state index is 13.4. The molecule has 2 amide bonds. The highest BCUT2D eigenvalue weighted by Gasteiger charge is 2.28. The predicted octanol–water partition coefficient (Wildman–Crippen LogP) is 3.72. The molecular weight excluding hydrogens is 478 g/mol. The number of hydrogen-bond acceptors (Lipinski definition) is 5. The molecule has 1 saturated carbocycles. The van der Waals surface area contributed by atoms with E-state index < -0.39 is 16.1 Å². The number of nitrogens with one attached hydrogen (secondary N) is 1. The number of carbonyl (C=O) groups is 2. The first-order valence-electron chi connectivity index (χ1n) is 12.4. The van der Waals surface area contributed by atoms with Crippen molar-refractivity contribution in [1.29, 1.82) is 0 Å². The van der Waals surface area contributed by atoms with Gasteiger partial charge in [0.15, 0.2) is 0 Å². The summed E-state index contributed by atoms with van der Waals surface area (Å²) in [5, 5.41) is 3.09. The van der Waals surface area contributed by atoms with E-state index in [2.05, 4.69) is 5.32 Å². The summed E-state index contributed by atoms with van der Waals surface area (Å²) in [6.45, 7) is 2.20. The normalized spacial score (nSPS) is 14.8. The first kappa shape index (κ1) is 27.5. The van der Waals surface area contributed by atoms with Crippen molar-refractivity contribution in [1.82, 2.24) is 10.2 Å². The molecule has 1 fully saturated rings. The first-order valence-corrected chi connectivity index (χ1v) is 14.3. The molecule has 8 nitrogen and oxygen atoms in total. The topological polar surface area (TPSA) is 96.0 Å². The standard InChI is InChI=1S/C27H37N3O5S/c1-21(27(32)28-23-13-7-8-14-23)29(20-22-11-5-4-6-12-22)26(31)17-10-18-30(36(3,33)34)24-15-9-16-25(19-24)35-2/h4-6,9,11-12,15-16,19,21,23H,7-8,10,13-14,17-18,20H2,1-3H3,(H,28,32). The maximum Gasteiger partial charge on any atom is 0.242 e. The van der Waals surface area contributed by atoms with E-state index >= 15 is 0 Å². The molecule has 1 aliphatic rings. The Bertz CT molecular complexity index is 1120. The van der Waals surface area contributed by atoms with E-state index in [-0.39, 0.29) is 30.8 Å². The van der Waals surface area contributed by atoms with Crippen LogP contribution in [0, 0.1) is 0 Å². The number of sulfonamides is 1. The zero-order chi connectivity index (χ0) is 26.1. The van der Waals surface area contributed by atoms with Crippen molar-refractivity contribution in [3.05, 3.63) is 60.2 Å². The van der Waals surface area contributed by atoms with Crippen molar-refractivity contribution in [3.63, 3.8) is 0 Å². The molecule has 1 N–H and O–H groups in total. The van der Waals surface area contributed by atoms with Gasteiger partial charge in [0, 0.05) is 31.6 Å². The molecule has 36 heavy (non-hydrogen) atoms. The van der Waals surface area contributed by atoms with E-state index in [1.165, 1.54) is 11.4 Å². The van der Waals surface area contributed by atoms with Crippen LogP contribution in [0.2, 0.25) is 0 Å². The van der Waals surface area contributed by atoms with Crippen LogP contribution in [-0.2, 0) is 26.2 Å². The third-order valence-electron chi connectivity index (χ3n) is 6.56. The van der Waals surface area contributed by atoms with E-state index in [0.29, 0.717) is 24.4 Å². The number of rotatable bonds is 12. The molecule has 0 radical (unpaired) electrons. The summed E-state index contributed by atoms with van der Waals surface area (Å²) in [5.41, 5.74) is 1.41. The Morgan fingerprint density at radius 3 is 2.42 bits per heavy atom. The lowest BCUT2D eigenvalue weighted by molar-refractivity contribution is -0.141. The second-order valence-electron chi connectivity index (χ2n) is 9.31. The number of hydrogen-bond donors (Lipinski definition) is 1. The monoisotopic (exact) mass is 515 g/mol. The fourth-order valence-corrected chi connectivity index (χ4v) is 5.48. The third-order valence-corrected chi connectivity index (χ3v) is 7.75. The van der Waals surface area contributed by atoms with Gasteiger partial charge < -0.3 is 15.0 Å². The zero-order valence-corrected chi connectivity index (χ0v) is 22.2. The molecule has 9 heteroatoms. The summed E-state index contributed by atoms with van der Waals surface area (Å²) in [6, 6.07) is 15.9. The van der Waals surface area contributed by atoms with Gasteiger partial charge >= 0.3 is 0 Å². The lowest BCUT2D eigenvalue weighted by atomic mass is 10.1. The molecule has 196 valence electrons. The summed E-state index contributed by atoms with van der Waals surface area (Å²) < 4.78 is 31.5. The van der Waals surface area contributed by atoms with Crippen LogP contribution in [0.4, 0.5) is 5.69 Å². The first-order chi connectivity index (χ1) is 17.2. The van der Waals surface area contributed by atoms with E-state index in [0.717, 1.165) is 37.5 Å². The van der Waals surface area contributed by atoms with Crippen LogP contribution < -0.4 is 14.4 Å². The summed E-state index contributed by atoms with van der Waals surface area (Å²) in [6.07, 6.45) is 5.72. The van der Waals surface area contributed by atoms with Gasteiger partial charge in [-0.1, -0.05) is 49.2 Å². The van der Waals surface area contributed by atoms with E-state index in [9.17, 15) is 18.0 Å². The van der Waals surface area contributed by atoms with Gasteiger partial charge in [0.1, 0.15) is 11.8 Å². The fourth-order valence-electron chi connectivity index (χ4n) is 4.52. The van der Waals surface area contributed by atoms with Crippen molar-refractivity contribution in [2.75, 3.05) is 24.2 Å². The Morgan fingerprint density at radius 1 is 1.08 bits per heavy atom. The Hall–Kier alpha value is -3.07. The molecule has 3 rings (SSSR count). The van der Waals surface area contributed by atoms with Gasteiger partial charge in [-0.15, -0.1) is 0 Å². The Labute approximate surface area is 214 Å². The Balaban J connectivity index is 1.70. The van der Waals surface area contributed by atoms with Crippen LogP contribution >= 0.6 is 0 Å². The maximum atomic E-state index is 13.4. The van der Waals surface area contributed by atoms with Crippen LogP contribution in [-0.4, -0.2) is 57.1 Å². The van der Waals surface area contributed by atoms with Crippen molar-refractivity contribution in [2.45, 2.75) is 64.1 Å². The van der Waals surface area contributed by atoms with Crippen LogP contribution in [0.5, 0.6) is 5.75 Å². The van der Waals surface area contributed by atoms with Gasteiger partial charge in [-0.3, -0.25) is 13.9 Å². The van der Waals surface area contributed by atoms with Crippen molar-refractivity contribution >= 4 is 27.5 Å². The van der Waals surface area contributed by atoms with E-state index in [1.54, 1.807) is 36.1 Å². The fraction of sp³-hybridized carbons (Fsp3) is 0.481. The highest BCUT2D eigenvalue weighted by molar-refractivity contribution is 7.92. The highest BCUT2D eigenvalue weighted by Crippen LogP contribution is 2.24. The summed E-state index contributed by atoms with van der Waals surface area (Å²) in [4.78, 5) is 27.9. The quantitative estimate of drug-likeness (QED) is 0.465. The van der Waals surface area contributed by atoms with Gasteiger partial charge in [-0.25, -0.2) is 8.42 Å². The second kappa shape index (κ2) is 12.8.